The van der Waals surface area contributed by atoms with E-state index in [1.165, 1.54) is 14.2 Å². The van der Waals surface area contributed by atoms with Crippen LogP contribution in [0, 0.1) is 5.92 Å². The number of sulfone groups is 1. The van der Waals surface area contributed by atoms with E-state index >= 15 is 0 Å². The van der Waals surface area contributed by atoms with Gasteiger partial charge in [0.25, 0.3) is 0 Å². The molecule has 120 valence electrons. The topological polar surface area (TPSA) is 83.4 Å². The molecule has 2 unspecified atom stereocenters. The van der Waals surface area contributed by atoms with E-state index in [0.29, 0.717) is 28.5 Å². The lowest BCUT2D eigenvalue weighted by Gasteiger charge is -2.16. The van der Waals surface area contributed by atoms with Crippen molar-refractivity contribution in [1.82, 2.24) is 0 Å². The standard InChI is InChI=1S/C14H17NO6S/c1-18-8-4-10(19-2)13(11(5-8)20-3)14-9-6-22(16,17)7-12(9)21-15-14/h4-5,9,12H,6-7H2,1-3H3. The van der Waals surface area contributed by atoms with Gasteiger partial charge in [-0.1, -0.05) is 5.16 Å². The normalized spacial score (nSPS) is 25.1. The molecular weight excluding hydrogens is 310 g/mol. The SMILES string of the molecule is COc1cc(OC)c(C2=NOC3CS(=O)(=O)CC23)c(OC)c1. The van der Waals surface area contributed by atoms with E-state index in [2.05, 4.69) is 5.16 Å². The number of methoxy groups -OCH3 is 3. The van der Waals surface area contributed by atoms with Crippen LogP contribution in [0.25, 0.3) is 0 Å². The number of oxime groups is 1. The van der Waals surface area contributed by atoms with E-state index in [4.69, 9.17) is 19.0 Å². The van der Waals surface area contributed by atoms with Crippen LogP contribution >= 0.6 is 0 Å². The molecule has 3 rings (SSSR count). The first-order valence-electron chi connectivity index (χ1n) is 6.73. The van der Waals surface area contributed by atoms with Gasteiger partial charge in [-0.05, 0) is 0 Å². The molecule has 0 amide bonds. The number of ether oxygens (including phenoxy) is 3. The zero-order valence-electron chi connectivity index (χ0n) is 12.5. The fraction of sp³-hybridized carbons (Fsp3) is 0.500. The Morgan fingerprint density at radius 1 is 1.09 bits per heavy atom. The first-order valence-corrected chi connectivity index (χ1v) is 8.55. The van der Waals surface area contributed by atoms with Crippen LogP contribution in [-0.4, -0.2) is 53.1 Å². The summed E-state index contributed by atoms with van der Waals surface area (Å²) in [6.07, 6.45) is -0.434. The molecule has 22 heavy (non-hydrogen) atoms. The maximum absolute atomic E-state index is 11.8. The van der Waals surface area contributed by atoms with Gasteiger partial charge in [0.1, 0.15) is 23.0 Å². The van der Waals surface area contributed by atoms with Gasteiger partial charge in [-0.3, -0.25) is 0 Å². The second kappa shape index (κ2) is 5.35. The first kappa shape index (κ1) is 15.0. The molecule has 7 nitrogen and oxygen atoms in total. The quantitative estimate of drug-likeness (QED) is 0.815. The van der Waals surface area contributed by atoms with Gasteiger partial charge in [-0.15, -0.1) is 0 Å². The van der Waals surface area contributed by atoms with Crippen LogP contribution in [-0.2, 0) is 14.7 Å². The van der Waals surface area contributed by atoms with Gasteiger partial charge in [0.05, 0.1) is 44.3 Å². The number of benzene rings is 1. The molecular formula is C14H17NO6S. The predicted octanol–water partition coefficient (Wildman–Crippen LogP) is 0.860. The summed E-state index contributed by atoms with van der Waals surface area (Å²) in [6, 6.07) is 3.41. The maximum Gasteiger partial charge on any atom is 0.154 e. The van der Waals surface area contributed by atoms with E-state index in [1.54, 1.807) is 19.2 Å². The van der Waals surface area contributed by atoms with Crippen LogP contribution in [0.1, 0.15) is 5.56 Å². The Hall–Kier alpha value is -1.96. The summed E-state index contributed by atoms with van der Waals surface area (Å²) >= 11 is 0. The first-order chi connectivity index (χ1) is 10.5. The van der Waals surface area contributed by atoms with Gasteiger partial charge in [0.15, 0.2) is 15.9 Å². The Balaban J connectivity index is 2.08. The molecule has 2 aliphatic heterocycles. The fourth-order valence-corrected chi connectivity index (χ4v) is 4.71. The number of nitrogens with zero attached hydrogens (tertiary/aromatic N) is 1. The van der Waals surface area contributed by atoms with Crippen molar-refractivity contribution < 1.29 is 27.5 Å². The molecule has 0 spiro atoms. The molecule has 0 N–H and O–H groups in total. The average Bonchev–Trinajstić information content (AvgIpc) is 3.00. The Labute approximate surface area is 128 Å². The monoisotopic (exact) mass is 327 g/mol. The minimum atomic E-state index is -3.11. The molecule has 0 radical (unpaired) electrons. The average molecular weight is 327 g/mol. The highest BCUT2D eigenvalue weighted by molar-refractivity contribution is 7.91. The summed E-state index contributed by atoms with van der Waals surface area (Å²) in [5.74, 6) is 1.29. The summed E-state index contributed by atoms with van der Waals surface area (Å²) in [7, 11) is 1.48. The number of rotatable bonds is 4. The lowest BCUT2D eigenvalue weighted by Crippen LogP contribution is -2.22. The maximum atomic E-state index is 11.8. The second-order valence-electron chi connectivity index (χ2n) is 5.21. The highest BCUT2D eigenvalue weighted by Gasteiger charge is 2.47. The zero-order chi connectivity index (χ0) is 15.9. The van der Waals surface area contributed by atoms with Crippen LogP contribution in [0.4, 0.5) is 0 Å². The molecule has 0 bridgehead atoms. The smallest absolute Gasteiger partial charge is 0.154 e. The molecule has 1 aromatic rings. The van der Waals surface area contributed by atoms with Crippen LogP contribution in [0.15, 0.2) is 17.3 Å². The van der Waals surface area contributed by atoms with Crippen molar-refractivity contribution in [2.24, 2.45) is 11.1 Å². The molecule has 2 atom stereocenters. The summed E-state index contributed by atoms with van der Waals surface area (Å²) in [6.45, 7) is 0. The van der Waals surface area contributed by atoms with Crippen LogP contribution in [0.2, 0.25) is 0 Å². The number of hydrogen-bond acceptors (Lipinski definition) is 7. The number of fused-ring (bicyclic) bond motifs is 1. The molecule has 0 saturated carbocycles. The van der Waals surface area contributed by atoms with E-state index in [9.17, 15) is 8.42 Å². The third kappa shape index (κ3) is 2.37. The predicted molar refractivity (Wildman–Crippen MR) is 79.7 cm³/mol. The van der Waals surface area contributed by atoms with Gasteiger partial charge in [-0.2, -0.15) is 0 Å². The van der Waals surface area contributed by atoms with Crippen molar-refractivity contribution in [1.29, 1.82) is 0 Å². The summed E-state index contributed by atoms with van der Waals surface area (Å²) in [5, 5.41) is 4.08. The molecule has 2 heterocycles. The van der Waals surface area contributed by atoms with Gasteiger partial charge < -0.3 is 19.0 Å². The third-order valence-electron chi connectivity index (χ3n) is 3.91. The van der Waals surface area contributed by atoms with Crippen molar-refractivity contribution in [2.75, 3.05) is 32.8 Å². The number of hydrogen-bond donors (Lipinski definition) is 0. The fourth-order valence-electron chi connectivity index (χ4n) is 2.86. The lowest BCUT2D eigenvalue weighted by atomic mass is 9.93. The molecule has 1 saturated heterocycles. The largest absolute Gasteiger partial charge is 0.496 e. The van der Waals surface area contributed by atoms with E-state index < -0.39 is 15.9 Å². The molecule has 8 heteroatoms. The Morgan fingerprint density at radius 2 is 1.73 bits per heavy atom. The van der Waals surface area contributed by atoms with E-state index in [-0.39, 0.29) is 17.4 Å². The Kier molecular flexibility index (Phi) is 3.64. The summed E-state index contributed by atoms with van der Waals surface area (Å²) < 4.78 is 39.6. The van der Waals surface area contributed by atoms with E-state index in [0.717, 1.165) is 0 Å². The molecule has 2 aliphatic rings. The summed E-state index contributed by atoms with van der Waals surface area (Å²) in [4.78, 5) is 5.30. The lowest BCUT2D eigenvalue weighted by molar-refractivity contribution is 0.0882. The van der Waals surface area contributed by atoms with Crippen molar-refractivity contribution >= 4 is 15.5 Å². The molecule has 1 fully saturated rings. The second-order valence-corrected chi connectivity index (χ2v) is 7.36. The van der Waals surface area contributed by atoms with Crippen molar-refractivity contribution in [2.45, 2.75) is 6.10 Å². The molecule has 0 aliphatic carbocycles. The Morgan fingerprint density at radius 3 is 2.27 bits per heavy atom. The van der Waals surface area contributed by atoms with Crippen LogP contribution in [0.5, 0.6) is 17.2 Å². The summed E-state index contributed by atoms with van der Waals surface area (Å²) in [5.41, 5.74) is 1.15. The highest BCUT2D eigenvalue weighted by atomic mass is 32.2. The van der Waals surface area contributed by atoms with Gasteiger partial charge in [-0.25, -0.2) is 8.42 Å². The van der Waals surface area contributed by atoms with Gasteiger partial charge >= 0.3 is 0 Å². The minimum absolute atomic E-state index is 0.00848. The Bertz CT molecular complexity index is 702. The zero-order valence-corrected chi connectivity index (χ0v) is 13.3. The van der Waals surface area contributed by atoms with Crippen molar-refractivity contribution in [3.05, 3.63) is 17.7 Å². The molecule has 1 aromatic carbocycles. The van der Waals surface area contributed by atoms with Crippen molar-refractivity contribution in [3.63, 3.8) is 0 Å². The van der Waals surface area contributed by atoms with Gasteiger partial charge in [0, 0.05) is 12.1 Å². The van der Waals surface area contributed by atoms with Crippen LogP contribution < -0.4 is 14.2 Å². The van der Waals surface area contributed by atoms with Crippen LogP contribution in [0.3, 0.4) is 0 Å². The minimum Gasteiger partial charge on any atom is -0.496 e. The van der Waals surface area contributed by atoms with Crippen molar-refractivity contribution in [3.8, 4) is 17.2 Å². The van der Waals surface area contributed by atoms with E-state index in [1.807, 2.05) is 0 Å². The molecule has 0 aromatic heterocycles. The van der Waals surface area contributed by atoms with Gasteiger partial charge in [0.2, 0.25) is 0 Å². The highest BCUT2D eigenvalue weighted by Crippen LogP contribution is 2.40. The third-order valence-corrected chi connectivity index (χ3v) is 5.61.